The van der Waals surface area contributed by atoms with Crippen molar-refractivity contribution < 1.29 is 24.2 Å². The van der Waals surface area contributed by atoms with E-state index in [9.17, 15) is 19.5 Å². The van der Waals surface area contributed by atoms with Crippen LogP contribution in [0.15, 0.2) is 23.8 Å². The van der Waals surface area contributed by atoms with E-state index in [4.69, 9.17) is 4.74 Å². The van der Waals surface area contributed by atoms with Crippen LogP contribution in [-0.4, -0.2) is 61.0 Å². The molecule has 8 heteroatoms. The summed E-state index contributed by atoms with van der Waals surface area (Å²) in [6.07, 6.45) is 10.4. The summed E-state index contributed by atoms with van der Waals surface area (Å²) < 4.78 is 4.72. The van der Waals surface area contributed by atoms with Crippen LogP contribution >= 0.6 is 21.6 Å². The second-order valence-electron chi connectivity index (χ2n) is 11.1. The zero-order valence-electron chi connectivity index (χ0n) is 24.2. The Hall–Kier alpha value is -1.09. The number of ether oxygens (including phenoxy) is 1. The largest absolute Gasteiger partial charge is 0.460 e. The SMILES string of the molecule is CC.CC12C=CC(=O)C=C1CCC1C2C(O)CC2(C)C(C(=O)COC=O)CCC12.CCCSSCCNC. The van der Waals surface area contributed by atoms with Crippen LogP contribution < -0.4 is 5.32 Å². The molecule has 0 aromatic carbocycles. The maximum Gasteiger partial charge on any atom is 0.293 e. The number of aliphatic hydroxyl groups is 1. The molecule has 0 spiro atoms. The molecular weight excluding hydrogens is 518 g/mol. The van der Waals surface area contributed by atoms with Crippen molar-refractivity contribution in [2.24, 2.45) is 34.5 Å². The Morgan fingerprint density at radius 3 is 2.58 bits per heavy atom. The van der Waals surface area contributed by atoms with Crippen LogP contribution in [0.4, 0.5) is 0 Å². The van der Waals surface area contributed by atoms with Gasteiger partial charge in [-0.05, 0) is 75.0 Å². The molecule has 216 valence electrons. The summed E-state index contributed by atoms with van der Waals surface area (Å²) in [5.74, 6) is 3.16. The fourth-order valence-electron chi connectivity index (χ4n) is 7.42. The number of aliphatic hydroxyl groups excluding tert-OH is 1. The molecule has 4 rings (SSSR count). The Kier molecular flexibility index (Phi) is 13.6. The van der Waals surface area contributed by atoms with Gasteiger partial charge in [-0.1, -0.05) is 67.9 Å². The monoisotopic (exact) mass is 567 g/mol. The molecule has 4 aliphatic rings. The molecule has 3 fully saturated rings. The average Bonchev–Trinajstić information content (AvgIpc) is 3.25. The Morgan fingerprint density at radius 2 is 1.92 bits per heavy atom. The second-order valence-corrected chi connectivity index (χ2v) is 13.8. The molecule has 7 atom stereocenters. The lowest BCUT2D eigenvalue weighted by molar-refractivity contribution is -0.147. The van der Waals surface area contributed by atoms with E-state index in [1.54, 1.807) is 12.2 Å². The second kappa shape index (κ2) is 15.6. The normalized spacial score (nSPS) is 34.8. The summed E-state index contributed by atoms with van der Waals surface area (Å²) >= 11 is 0. The van der Waals surface area contributed by atoms with Gasteiger partial charge < -0.3 is 15.2 Å². The Bertz CT molecular complexity index is 856. The van der Waals surface area contributed by atoms with Crippen LogP contribution in [0, 0.1) is 34.5 Å². The van der Waals surface area contributed by atoms with Crippen molar-refractivity contribution in [2.75, 3.05) is 31.7 Å². The van der Waals surface area contributed by atoms with Crippen LogP contribution in [0.25, 0.3) is 0 Å². The van der Waals surface area contributed by atoms with Gasteiger partial charge in [0, 0.05) is 35.3 Å². The van der Waals surface area contributed by atoms with Crippen molar-refractivity contribution in [3.05, 3.63) is 23.8 Å². The molecule has 0 amide bonds. The van der Waals surface area contributed by atoms with Crippen LogP contribution in [0.5, 0.6) is 0 Å². The quantitative estimate of drug-likeness (QED) is 0.199. The van der Waals surface area contributed by atoms with Gasteiger partial charge >= 0.3 is 0 Å². The zero-order chi connectivity index (χ0) is 28.3. The predicted octanol–water partition coefficient (Wildman–Crippen LogP) is 5.65. The van der Waals surface area contributed by atoms with Gasteiger partial charge in [0.05, 0.1) is 6.10 Å². The summed E-state index contributed by atoms with van der Waals surface area (Å²) in [6.45, 7) is 11.8. The number of nitrogens with one attached hydrogen (secondary N) is 1. The van der Waals surface area contributed by atoms with Gasteiger partial charge in [-0.3, -0.25) is 14.4 Å². The number of carbonyl (C=O) groups excluding carboxylic acids is 3. The number of hydrogen-bond donors (Lipinski definition) is 2. The van der Waals surface area contributed by atoms with Gasteiger partial charge in [-0.15, -0.1) is 0 Å². The van der Waals surface area contributed by atoms with E-state index in [0.29, 0.717) is 24.7 Å². The summed E-state index contributed by atoms with van der Waals surface area (Å²) in [6, 6.07) is 0. The minimum absolute atomic E-state index is 0.0245. The molecule has 0 saturated heterocycles. The van der Waals surface area contributed by atoms with E-state index in [1.165, 1.54) is 17.9 Å². The van der Waals surface area contributed by atoms with Crippen molar-refractivity contribution in [3.8, 4) is 0 Å². The summed E-state index contributed by atoms with van der Waals surface area (Å²) in [5.41, 5.74) is 0.611. The van der Waals surface area contributed by atoms with E-state index < -0.39 is 6.10 Å². The maximum absolute atomic E-state index is 12.6. The first-order valence-electron chi connectivity index (χ1n) is 14.3. The van der Waals surface area contributed by atoms with Gasteiger partial charge in [0.25, 0.3) is 6.47 Å². The molecule has 7 unspecified atom stereocenters. The molecule has 0 bridgehead atoms. The van der Waals surface area contributed by atoms with E-state index in [2.05, 4.69) is 26.1 Å². The topological polar surface area (TPSA) is 92.7 Å². The predicted molar refractivity (Wildman–Crippen MR) is 159 cm³/mol. The van der Waals surface area contributed by atoms with E-state index >= 15 is 0 Å². The first kappa shape index (κ1) is 33.1. The lowest BCUT2D eigenvalue weighted by atomic mass is 9.46. The molecule has 0 aromatic rings. The molecular formula is C30H49NO5S2. The summed E-state index contributed by atoms with van der Waals surface area (Å²) in [5, 5.41) is 14.3. The van der Waals surface area contributed by atoms with Gasteiger partial charge in [-0.2, -0.15) is 0 Å². The first-order valence-corrected chi connectivity index (χ1v) is 16.8. The smallest absolute Gasteiger partial charge is 0.293 e. The van der Waals surface area contributed by atoms with Crippen molar-refractivity contribution in [2.45, 2.75) is 79.2 Å². The maximum atomic E-state index is 12.6. The molecule has 6 nitrogen and oxygen atoms in total. The Morgan fingerprint density at radius 1 is 1.21 bits per heavy atom. The number of rotatable bonds is 10. The first-order chi connectivity index (χ1) is 18.2. The third kappa shape index (κ3) is 7.35. The van der Waals surface area contributed by atoms with Crippen LogP contribution in [-0.2, 0) is 19.1 Å². The number of hydrogen-bond acceptors (Lipinski definition) is 8. The molecule has 38 heavy (non-hydrogen) atoms. The lowest BCUT2D eigenvalue weighted by Crippen LogP contribution is -2.56. The summed E-state index contributed by atoms with van der Waals surface area (Å²) in [7, 11) is 5.92. The van der Waals surface area contributed by atoms with E-state index in [0.717, 1.165) is 37.8 Å². The lowest BCUT2D eigenvalue weighted by Gasteiger charge is -2.58. The molecule has 0 radical (unpaired) electrons. The zero-order valence-corrected chi connectivity index (χ0v) is 25.8. The molecule has 3 saturated carbocycles. The van der Waals surface area contributed by atoms with Gasteiger partial charge in [0.15, 0.2) is 11.6 Å². The number of Topliss-reactive ketones (excluding diaryl/α,β-unsaturated/α-hetero) is 1. The molecule has 4 aliphatic carbocycles. The highest BCUT2D eigenvalue weighted by Gasteiger charge is 2.62. The third-order valence-corrected chi connectivity index (χ3v) is 11.6. The van der Waals surface area contributed by atoms with E-state index in [1.807, 2.05) is 48.6 Å². The van der Waals surface area contributed by atoms with Crippen molar-refractivity contribution in [3.63, 3.8) is 0 Å². The highest BCUT2D eigenvalue weighted by molar-refractivity contribution is 8.76. The molecule has 2 N–H and O–H groups in total. The van der Waals surface area contributed by atoms with Gasteiger partial charge in [-0.25, -0.2) is 0 Å². The van der Waals surface area contributed by atoms with E-state index in [-0.39, 0.29) is 40.8 Å². The number of carbonyl (C=O) groups is 3. The summed E-state index contributed by atoms with van der Waals surface area (Å²) in [4.78, 5) is 34.9. The van der Waals surface area contributed by atoms with Gasteiger partial charge in [0.1, 0.15) is 6.61 Å². The minimum Gasteiger partial charge on any atom is -0.460 e. The molecule has 0 aromatic heterocycles. The highest BCUT2D eigenvalue weighted by atomic mass is 33.1. The minimum atomic E-state index is -0.511. The highest BCUT2D eigenvalue weighted by Crippen LogP contribution is 2.66. The fraction of sp³-hybridized carbons (Fsp3) is 0.767. The molecule has 0 aliphatic heterocycles. The third-order valence-electron chi connectivity index (χ3n) is 8.98. The van der Waals surface area contributed by atoms with Gasteiger partial charge in [0.2, 0.25) is 0 Å². The van der Waals surface area contributed by atoms with Crippen LogP contribution in [0.3, 0.4) is 0 Å². The van der Waals surface area contributed by atoms with Crippen molar-refractivity contribution in [1.29, 1.82) is 0 Å². The molecule has 0 heterocycles. The Labute approximate surface area is 238 Å². The van der Waals surface area contributed by atoms with Crippen molar-refractivity contribution in [1.82, 2.24) is 5.32 Å². The number of ketones is 2. The number of fused-ring (bicyclic) bond motifs is 5. The standard InChI is InChI=1S/C22H28O5.C6H15NS2.C2H6/c1-21-8-7-14(24)9-13(21)3-4-15-16-5-6-17(19(26)11-27-12-23)22(16,2)10-18(25)20(15)21;1-3-5-8-9-6-4-7-2;1-2/h7-9,12,15-18,20,25H,3-6,10-11H2,1-2H3;7H,3-6H2,1-2H3;1-2H3. The fourth-order valence-corrected chi connectivity index (χ4v) is 9.56. The van der Waals surface area contributed by atoms with Crippen molar-refractivity contribution >= 4 is 39.6 Å². The Balaban J connectivity index is 0.000000394. The van der Waals surface area contributed by atoms with Crippen LogP contribution in [0.2, 0.25) is 0 Å². The average molecular weight is 568 g/mol. The van der Waals surface area contributed by atoms with Crippen LogP contribution in [0.1, 0.15) is 73.1 Å². The number of allylic oxidation sites excluding steroid dienone is 4.